The summed E-state index contributed by atoms with van der Waals surface area (Å²) in [5.41, 5.74) is 6.79. The van der Waals surface area contributed by atoms with Crippen molar-refractivity contribution in [2.45, 2.75) is 19.0 Å². The molecule has 1 atom stereocenters. The average Bonchev–Trinajstić information content (AvgIpc) is 2.58. The van der Waals surface area contributed by atoms with Gasteiger partial charge < -0.3 is 10.8 Å². The number of halogens is 1. The lowest BCUT2D eigenvalue weighted by Gasteiger charge is -2.16. The van der Waals surface area contributed by atoms with Crippen molar-refractivity contribution < 1.29 is 5.11 Å². The van der Waals surface area contributed by atoms with E-state index >= 15 is 0 Å². The molecule has 1 aliphatic heterocycles. The summed E-state index contributed by atoms with van der Waals surface area (Å²) in [7, 11) is 0. The topological polar surface area (TPSA) is 49.5 Å². The van der Waals surface area contributed by atoms with Gasteiger partial charge in [-0.25, -0.2) is 0 Å². The molecule has 15 heavy (non-hydrogen) atoms. The van der Waals surface area contributed by atoms with Crippen molar-refractivity contribution in [1.29, 1.82) is 0 Å². The monoisotopic (exact) mass is 270 g/mol. The van der Waals surface area contributed by atoms with Crippen LogP contribution in [0, 0.1) is 0 Å². The SMILES string of the molecule is N[C@H]1CCN(Cc2cc(Br)ccc2O)C1. The lowest BCUT2D eigenvalue weighted by Crippen LogP contribution is -2.26. The molecule has 0 unspecified atom stereocenters. The second kappa shape index (κ2) is 4.51. The molecule has 0 radical (unpaired) electrons. The van der Waals surface area contributed by atoms with Crippen LogP contribution in [0.15, 0.2) is 22.7 Å². The smallest absolute Gasteiger partial charge is 0.120 e. The van der Waals surface area contributed by atoms with Gasteiger partial charge in [0.05, 0.1) is 0 Å². The molecule has 1 saturated heterocycles. The van der Waals surface area contributed by atoms with Gasteiger partial charge in [-0.2, -0.15) is 0 Å². The predicted octanol–water partition coefficient (Wildman–Crippen LogP) is 1.69. The lowest BCUT2D eigenvalue weighted by molar-refractivity contribution is 0.320. The Labute approximate surface area is 98.0 Å². The molecule has 0 spiro atoms. The molecule has 0 aliphatic carbocycles. The standard InChI is InChI=1S/C11H15BrN2O/c12-9-1-2-11(15)8(5-9)6-14-4-3-10(13)7-14/h1-2,5,10,15H,3-4,6-7,13H2/t10-/m0/s1. The fraction of sp³-hybridized carbons (Fsp3) is 0.455. The van der Waals surface area contributed by atoms with Gasteiger partial charge in [-0.1, -0.05) is 15.9 Å². The van der Waals surface area contributed by atoms with Gasteiger partial charge in [-0.15, -0.1) is 0 Å². The number of phenols is 1. The summed E-state index contributed by atoms with van der Waals surface area (Å²) in [6.45, 7) is 2.72. The molecule has 82 valence electrons. The van der Waals surface area contributed by atoms with Crippen LogP contribution in [0.4, 0.5) is 0 Å². The number of hydrogen-bond acceptors (Lipinski definition) is 3. The van der Waals surface area contributed by atoms with Crippen molar-refractivity contribution in [2.24, 2.45) is 5.73 Å². The number of hydrogen-bond donors (Lipinski definition) is 2. The van der Waals surface area contributed by atoms with Crippen LogP contribution in [0.1, 0.15) is 12.0 Å². The second-order valence-electron chi connectivity index (χ2n) is 4.06. The van der Waals surface area contributed by atoms with E-state index in [0.29, 0.717) is 11.8 Å². The maximum absolute atomic E-state index is 9.68. The second-order valence-corrected chi connectivity index (χ2v) is 4.97. The Bertz CT molecular complexity index is 356. The largest absolute Gasteiger partial charge is 0.508 e. The Hall–Kier alpha value is -0.580. The number of rotatable bonds is 2. The van der Waals surface area contributed by atoms with Crippen molar-refractivity contribution >= 4 is 15.9 Å². The van der Waals surface area contributed by atoms with E-state index < -0.39 is 0 Å². The first kappa shape index (κ1) is 10.9. The number of phenolic OH excluding ortho intramolecular Hbond substituents is 1. The fourth-order valence-corrected chi connectivity index (χ4v) is 2.34. The molecular weight excluding hydrogens is 256 g/mol. The van der Waals surface area contributed by atoms with E-state index in [-0.39, 0.29) is 0 Å². The highest BCUT2D eigenvalue weighted by Crippen LogP contribution is 2.24. The highest BCUT2D eigenvalue weighted by Gasteiger charge is 2.19. The first-order chi connectivity index (χ1) is 7.15. The maximum atomic E-state index is 9.68. The molecule has 0 amide bonds. The first-order valence-corrected chi connectivity index (χ1v) is 5.90. The summed E-state index contributed by atoms with van der Waals surface area (Å²) in [6, 6.07) is 5.81. The Balaban J connectivity index is 2.07. The molecule has 2 rings (SSSR count). The minimum atomic E-state index is 0.291. The molecule has 1 aromatic carbocycles. The number of benzene rings is 1. The Kier molecular flexibility index (Phi) is 3.29. The summed E-state index contributed by atoms with van der Waals surface area (Å²) in [5, 5.41) is 9.68. The van der Waals surface area contributed by atoms with Crippen LogP contribution in [-0.4, -0.2) is 29.1 Å². The molecule has 3 nitrogen and oxygen atoms in total. The van der Waals surface area contributed by atoms with Gasteiger partial charge in [-0.05, 0) is 24.6 Å². The average molecular weight is 271 g/mol. The third-order valence-corrected chi connectivity index (χ3v) is 3.24. The van der Waals surface area contributed by atoms with Crippen molar-refractivity contribution in [3.05, 3.63) is 28.2 Å². The van der Waals surface area contributed by atoms with Crippen molar-refractivity contribution in [2.75, 3.05) is 13.1 Å². The molecule has 1 heterocycles. The fourth-order valence-electron chi connectivity index (χ4n) is 1.93. The van der Waals surface area contributed by atoms with Crippen molar-refractivity contribution in [3.8, 4) is 5.75 Å². The minimum Gasteiger partial charge on any atom is -0.508 e. The third kappa shape index (κ3) is 2.71. The zero-order valence-corrected chi connectivity index (χ0v) is 10.1. The molecule has 1 aliphatic rings. The van der Waals surface area contributed by atoms with Crippen molar-refractivity contribution in [3.63, 3.8) is 0 Å². The van der Waals surface area contributed by atoms with Gasteiger partial charge in [0, 0.05) is 35.7 Å². The number of likely N-dealkylation sites (tertiary alicyclic amines) is 1. The van der Waals surface area contributed by atoms with Crippen LogP contribution < -0.4 is 5.73 Å². The molecular formula is C11H15BrN2O. The van der Waals surface area contributed by atoms with E-state index in [1.54, 1.807) is 6.07 Å². The van der Waals surface area contributed by atoms with Crippen LogP contribution in [0.2, 0.25) is 0 Å². The Morgan fingerprint density at radius 3 is 3.00 bits per heavy atom. The Morgan fingerprint density at radius 1 is 1.53 bits per heavy atom. The van der Waals surface area contributed by atoms with E-state index in [9.17, 15) is 5.11 Å². The number of nitrogens with two attached hydrogens (primary N) is 1. The van der Waals surface area contributed by atoms with Gasteiger partial charge in [0.2, 0.25) is 0 Å². The van der Waals surface area contributed by atoms with Gasteiger partial charge in [-0.3, -0.25) is 4.90 Å². The summed E-state index contributed by atoms with van der Waals surface area (Å²) >= 11 is 3.40. The van der Waals surface area contributed by atoms with Gasteiger partial charge in [0.1, 0.15) is 5.75 Å². The van der Waals surface area contributed by atoms with Crippen LogP contribution in [0.5, 0.6) is 5.75 Å². The normalized spacial score (nSPS) is 22.1. The van der Waals surface area contributed by atoms with Crippen LogP contribution in [0.3, 0.4) is 0 Å². The highest BCUT2D eigenvalue weighted by molar-refractivity contribution is 9.10. The van der Waals surface area contributed by atoms with E-state index in [1.165, 1.54) is 0 Å². The zero-order valence-electron chi connectivity index (χ0n) is 8.49. The van der Waals surface area contributed by atoms with Crippen LogP contribution in [0.25, 0.3) is 0 Å². The predicted molar refractivity (Wildman–Crippen MR) is 63.7 cm³/mol. The first-order valence-electron chi connectivity index (χ1n) is 5.10. The molecule has 1 aromatic rings. The maximum Gasteiger partial charge on any atom is 0.120 e. The summed E-state index contributed by atoms with van der Waals surface area (Å²) in [5.74, 6) is 0.360. The molecule has 1 fully saturated rings. The van der Waals surface area contributed by atoms with E-state index in [4.69, 9.17) is 5.73 Å². The van der Waals surface area contributed by atoms with Gasteiger partial charge in [0.15, 0.2) is 0 Å². The van der Waals surface area contributed by atoms with Crippen molar-refractivity contribution in [1.82, 2.24) is 4.90 Å². The van der Waals surface area contributed by atoms with E-state index in [0.717, 1.165) is 36.1 Å². The molecule has 0 bridgehead atoms. The number of nitrogens with zero attached hydrogens (tertiary/aromatic N) is 1. The zero-order chi connectivity index (χ0) is 10.8. The third-order valence-electron chi connectivity index (χ3n) is 2.74. The van der Waals surface area contributed by atoms with Gasteiger partial charge in [0.25, 0.3) is 0 Å². The molecule has 0 aromatic heterocycles. The summed E-state index contributed by atoms with van der Waals surface area (Å²) in [4.78, 5) is 2.27. The Morgan fingerprint density at radius 2 is 2.33 bits per heavy atom. The molecule has 0 saturated carbocycles. The van der Waals surface area contributed by atoms with E-state index in [1.807, 2.05) is 12.1 Å². The van der Waals surface area contributed by atoms with Gasteiger partial charge >= 0.3 is 0 Å². The minimum absolute atomic E-state index is 0.291. The highest BCUT2D eigenvalue weighted by atomic mass is 79.9. The van der Waals surface area contributed by atoms with Crippen LogP contribution in [-0.2, 0) is 6.54 Å². The molecule has 4 heteroatoms. The molecule has 3 N–H and O–H groups in total. The van der Waals surface area contributed by atoms with E-state index in [2.05, 4.69) is 20.8 Å². The lowest BCUT2D eigenvalue weighted by atomic mass is 10.2. The number of aromatic hydroxyl groups is 1. The summed E-state index contributed by atoms with van der Waals surface area (Å²) < 4.78 is 0.999. The van der Waals surface area contributed by atoms with Crippen LogP contribution >= 0.6 is 15.9 Å². The quantitative estimate of drug-likeness (QED) is 0.860. The summed E-state index contributed by atoms with van der Waals surface area (Å²) in [6.07, 6.45) is 1.05.